The van der Waals surface area contributed by atoms with Crippen LogP contribution in [0.25, 0.3) is 21.5 Å². The van der Waals surface area contributed by atoms with Gasteiger partial charge in [-0.1, -0.05) is 47.7 Å². The second kappa shape index (κ2) is 8.21. The molecule has 0 atom stereocenters. The summed E-state index contributed by atoms with van der Waals surface area (Å²) in [4.78, 5) is 41.8. The second-order valence-electron chi connectivity index (χ2n) is 6.37. The van der Waals surface area contributed by atoms with E-state index < -0.39 is 17.4 Å². The first-order valence-corrected chi connectivity index (χ1v) is 9.79. The fraction of sp³-hybridized carbons (Fsp3) is 0.100. The normalized spacial score (nSPS) is 10.7. The molecule has 4 aromatic rings. The van der Waals surface area contributed by atoms with Crippen molar-refractivity contribution in [2.24, 2.45) is 0 Å². The molecular weight excluding hydrogens is 404 g/mol. The molecule has 0 saturated heterocycles. The first kappa shape index (κ1) is 19.4. The molecule has 0 radical (unpaired) electrons. The van der Waals surface area contributed by atoms with E-state index in [4.69, 9.17) is 0 Å². The molecule has 2 aromatic heterocycles. The molecular formula is C20H16N6O3S. The first-order valence-electron chi connectivity index (χ1n) is 8.97. The van der Waals surface area contributed by atoms with E-state index in [9.17, 15) is 14.4 Å². The van der Waals surface area contributed by atoms with E-state index in [1.165, 1.54) is 11.3 Å². The van der Waals surface area contributed by atoms with E-state index >= 15 is 0 Å². The van der Waals surface area contributed by atoms with Crippen LogP contribution in [0.5, 0.6) is 0 Å². The summed E-state index contributed by atoms with van der Waals surface area (Å²) in [5, 5.41) is 8.75. The van der Waals surface area contributed by atoms with Crippen LogP contribution in [0.1, 0.15) is 15.4 Å². The zero-order valence-corrected chi connectivity index (χ0v) is 16.6. The average molecular weight is 420 g/mol. The van der Waals surface area contributed by atoms with Gasteiger partial charge in [0.15, 0.2) is 0 Å². The van der Waals surface area contributed by atoms with Crippen molar-refractivity contribution < 1.29 is 9.59 Å². The van der Waals surface area contributed by atoms with Gasteiger partial charge < -0.3 is 0 Å². The predicted molar refractivity (Wildman–Crippen MR) is 112 cm³/mol. The summed E-state index contributed by atoms with van der Waals surface area (Å²) in [5.41, 5.74) is 6.12. The van der Waals surface area contributed by atoms with Gasteiger partial charge in [0.05, 0.1) is 11.1 Å². The molecule has 0 unspecified atom stereocenters. The van der Waals surface area contributed by atoms with Crippen LogP contribution in [0.15, 0.2) is 59.4 Å². The number of carbonyl (C=O) groups is 2. The minimum atomic E-state index is -0.611. The molecule has 0 aliphatic carbocycles. The van der Waals surface area contributed by atoms with E-state index in [0.717, 1.165) is 10.2 Å². The summed E-state index contributed by atoms with van der Waals surface area (Å²) >= 11 is 1.23. The van der Waals surface area contributed by atoms with Gasteiger partial charge in [-0.2, -0.15) is 0 Å². The predicted octanol–water partition coefficient (Wildman–Crippen LogP) is 1.68. The van der Waals surface area contributed by atoms with Crippen molar-refractivity contribution in [1.29, 1.82) is 0 Å². The zero-order chi connectivity index (χ0) is 21.1. The Hall–Kier alpha value is -3.92. The first-order chi connectivity index (χ1) is 14.5. The van der Waals surface area contributed by atoms with Gasteiger partial charge >= 0.3 is 0 Å². The summed E-state index contributed by atoms with van der Waals surface area (Å²) in [6, 6.07) is 16.2. The Morgan fingerprint density at radius 1 is 1.03 bits per heavy atom. The summed E-state index contributed by atoms with van der Waals surface area (Å²) in [7, 11) is 0. The van der Waals surface area contributed by atoms with Crippen molar-refractivity contribution in [3.05, 3.63) is 75.5 Å². The molecule has 0 bridgehead atoms. The van der Waals surface area contributed by atoms with E-state index in [0.29, 0.717) is 26.5 Å². The largest absolute Gasteiger partial charge is 0.281 e. The van der Waals surface area contributed by atoms with Crippen LogP contribution in [0, 0.1) is 6.92 Å². The molecule has 0 spiro atoms. The number of thiazole rings is 1. The molecule has 2 heterocycles. The molecule has 150 valence electrons. The molecule has 4 rings (SSSR count). The molecule has 0 fully saturated rings. The third-order valence-electron chi connectivity index (χ3n) is 4.26. The Labute approximate surface area is 174 Å². The van der Waals surface area contributed by atoms with Crippen molar-refractivity contribution >= 4 is 34.1 Å². The SMILES string of the molecule is Cc1nc(-c2ccccc2)sc1C(=O)NNC(=O)Cn1nnc2ccccc2c1=O. The molecule has 9 nitrogen and oxygen atoms in total. The van der Waals surface area contributed by atoms with Crippen LogP contribution < -0.4 is 16.4 Å². The van der Waals surface area contributed by atoms with Crippen LogP contribution in [0.3, 0.4) is 0 Å². The van der Waals surface area contributed by atoms with Gasteiger partial charge in [0, 0.05) is 5.56 Å². The van der Waals surface area contributed by atoms with Gasteiger partial charge in [-0.15, -0.1) is 16.4 Å². The molecule has 30 heavy (non-hydrogen) atoms. The number of fused-ring (bicyclic) bond motifs is 1. The zero-order valence-electron chi connectivity index (χ0n) is 15.8. The van der Waals surface area contributed by atoms with Crippen LogP contribution in [0.4, 0.5) is 0 Å². The number of benzene rings is 2. The fourth-order valence-corrected chi connectivity index (χ4v) is 3.76. The highest BCUT2D eigenvalue weighted by Gasteiger charge is 2.17. The lowest BCUT2D eigenvalue weighted by Gasteiger charge is -2.07. The summed E-state index contributed by atoms with van der Waals surface area (Å²) in [6.07, 6.45) is 0. The van der Waals surface area contributed by atoms with Crippen molar-refractivity contribution in [3.8, 4) is 10.6 Å². The molecule has 0 aliphatic rings. The minimum Gasteiger partial charge on any atom is -0.271 e. The number of hydrogen-bond donors (Lipinski definition) is 2. The second-order valence-corrected chi connectivity index (χ2v) is 7.37. The van der Waals surface area contributed by atoms with Gasteiger partial charge in [-0.3, -0.25) is 25.2 Å². The number of aryl methyl sites for hydroxylation is 1. The number of hydrazine groups is 1. The van der Waals surface area contributed by atoms with E-state index in [1.54, 1.807) is 31.2 Å². The van der Waals surface area contributed by atoms with E-state index in [2.05, 4.69) is 26.1 Å². The number of carbonyl (C=O) groups excluding carboxylic acids is 2. The molecule has 10 heteroatoms. The number of nitrogens with zero attached hydrogens (tertiary/aromatic N) is 4. The Kier molecular flexibility index (Phi) is 5.31. The Morgan fingerprint density at radius 2 is 1.77 bits per heavy atom. The van der Waals surface area contributed by atoms with Crippen LogP contribution in [-0.2, 0) is 11.3 Å². The number of amides is 2. The highest BCUT2D eigenvalue weighted by atomic mass is 32.1. The monoisotopic (exact) mass is 420 g/mol. The number of nitrogens with one attached hydrogen (secondary N) is 2. The van der Waals surface area contributed by atoms with Gasteiger partial charge in [0.2, 0.25) is 0 Å². The number of hydrogen-bond acceptors (Lipinski definition) is 7. The molecule has 2 amide bonds. The molecule has 0 saturated carbocycles. The minimum absolute atomic E-state index is 0.359. The molecule has 2 aromatic carbocycles. The molecule has 0 aliphatic heterocycles. The van der Waals surface area contributed by atoms with Crippen molar-refractivity contribution in [3.63, 3.8) is 0 Å². The maximum atomic E-state index is 12.5. The average Bonchev–Trinajstić information content (AvgIpc) is 3.16. The van der Waals surface area contributed by atoms with Gasteiger partial charge in [0.1, 0.15) is 21.9 Å². The fourth-order valence-electron chi connectivity index (χ4n) is 2.80. The van der Waals surface area contributed by atoms with Crippen molar-refractivity contribution in [2.45, 2.75) is 13.5 Å². The van der Waals surface area contributed by atoms with Crippen molar-refractivity contribution in [1.82, 2.24) is 30.8 Å². The summed E-state index contributed by atoms with van der Waals surface area (Å²) < 4.78 is 0.940. The maximum Gasteiger partial charge on any atom is 0.281 e. The Balaban J connectivity index is 1.42. The van der Waals surface area contributed by atoms with E-state index in [1.807, 2.05) is 30.3 Å². The number of aromatic nitrogens is 4. The van der Waals surface area contributed by atoms with Gasteiger partial charge in [-0.25, -0.2) is 9.67 Å². The van der Waals surface area contributed by atoms with E-state index in [-0.39, 0.29) is 6.54 Å². The van der Waals surface area contributed by atoms with Crippen LogP contribution in [-0.4, -0.2) is 31.8 Å². The summed E-state index contributed by atoms with van der Waals surface area (Å²) in [5.74, 6) is -1.10. The van der Waals surface area contributed by atoms with Crippen molar-refractivity contribution in [2.75, 3.05) is 0 Å². The summed E-state index contributed by atoms with van der Waals surface area (Å²) in [6.45, 7) is 1.35. The lowest BCUT2D eigenvalue weighted by molar-refractivity contribution is -0.122. The quantitative estimate of drug-likeness (QED) is 0.485. The lowest BCUT2D eigenvalue weighted by atomic mass is 10.2. The Morgan fingerprint density at radius 3 is 2.57 bits per heavy atom. The van der Waals surface area contributed by atoms with Crippen LogP contribution in [0.2, 0.25) is 0 Å². The standard InChI is InChI=1S/C20H16N6O3S/c1-12-17(30-19(21-12)13-7-3-2-4-8-13)18(28)24-23-16(27)11-26-20(29)14-9-5-6-10-15(14)22-25-26/h2-10H,11H2,1H3,(H,23,27)(H,24,28). The topological polar surface area (TPSA) is 119 Å². The van der Waals surface area contributed by atoms with Gasteiger partial charge in [0.25, 0.3) is 17.4 Å². The Bertz CT molecular complexity index is 1300. The highest BCUT2D eigenvalue weighted by Crippen LogP contribution is 2.27. The number of rotatable bonds is 4. The smallest absolute Gasteiger partial charge is 0.271 e. The molecule has 2 N–H and O–H groups in total. The third-order valence-corrected chi connectivity index (χ3v) is 5.47. The maximum absolute atomic E-state index is 12.5. The van der Waals surface area contributed by atoms with Gasteiger partial charge in [-0.05, 0) is 19.1 Å². The highest BCUT2D eigenvalue weighted by molar-refractivity contribution is 7.17. The third kappa shape index (κ3) is 3.94. The van der Waals surface area contributed by atoms with Crippen LogP contribution >= 0.6 is 11.3 Å². The lowest BCUT2D eigenvalue weighted by Crippen LogP contribution is -2.44.